The van der Waals surface area contributed by atoms with Crippen LogP contribution in [0.5, 0.6) is 0 Å². The van der Waals surface area contributed by atoms with Crippen molar-refractivity contribution in [2.45, 2.75) is 65.3 Å². The van der Waals surface area contributed by atoms with Gasteiger partial charge in [0.15, 0.2) is 0 Å². The Morgan fingerprint density at radius 3 is 2.50 bits per heavy atom. The lowest BCUT2D eigenvalue weighted by Gasteiger charge is -2.34. The summed E-state index contributed by atoms with van der Waals surface area (Å²) in [6.07, 6.45) is 8.66. The van der Waals surface area contributed by atoms with E-state index in [-0.39, 0.29) is 0 Å². The molecule has 1 saturated carbocycles. The Labute approximate surface area is 114 Å². The summed E-state index contributed by atoms with van der Waals surface area (Å²) in [4.78, 5) is 2.70. The third-order valence-corrected chi connectivity index (χ3v) is 4.90. The maximum Gasteiger partial charge on any atom is 0.0223 e. The van der Waals surface area contributed by atoms with Gasteiger partial charge in [-0.25, -0.2) is 0 Å². The molecule has 1 atom stereocenters. The number of hydrogen-bond donors (Lipinski definition) is 1. The molecule has 1 N–H and O–H groups in total. The Balaban J connectivity index is 1.85. The van der Waals surface area contributed by atoms with Crippen LogP contribution in [0.15, 0.2) is 0 Å². The van der Waals surface area contributed by atoms with Crippen molar-refractivity contribution in [1.29, 1.82) is 0 Å². The zero-order valence-corrected chi connectivity index (χ0v) is 12.7. The number of likely N-dealkylation sites (tertiary alicyclic amines) is 1. The number of nitrogens with one attached hydrogen (secondary N) is 1. The zero-order chi connectivity index (χ0) is 13.0. The monoisotopic (exact) mass is 252 g/mol. The second-order valence-electron chi connectivity index (χ2n) is 7.21. The molecule has 0 spiro atoms. The van der Waals surface area contributed by atoms with Gasteiger partial charge in [0.05, 0.1) is 0 Å². The van der Waals surface area contributed by atoms with E-state index in [1.807, 2.05) is 0 Å². The molecule has 0 aromatic rings. The van der Waals surface area contributed by atoms with Crippen LogP contribution in [0.1, 0.15) is 59.3 Å². The smallest absolute Gasteiger partial charge is 0.0223 e. The average molecular weight is 252 g/mol. The van der Waals surface area contributed by atoms with Crippen molar-refractivity contribution >= 4 is 0 Å². The van der Waals surface area contributed by atoms with Gasteiger partial charge in [-0.15, -0.1) is 0 Å². The highest BCUT2D eigenvalue weighted by Gasteiger charge is 2.32. The van der Waals surface area contributed by atoms with Crippen molar-refractivity contribution < 1.29 is 0 Å². The molecule has 2 rings (SSSR count). The van der Waals surface area contributed by atoms with Crippen LogP contribution in [0.2, 0.25) is 0 Å². The van der Waals surface area contributed by atoms with E-state index in [1.165, 1.54) is 58.2 Å². The number of likely N-dealkylation sites (N-methyl/N-ethyl adjacent to an activating group) is 1. The van der Waals surface area contributed by atoms with E-state index in [0.29, 0.717) is 5.41 Å². The van der Waals surface area contributed by atoms with Crippen LogP contribution < -0.4 is 5.32 Å². The molecule has 1 aliphatic heterocycles. The predicted molar refractivity (Wildman–Crippen MR) is 78.9 cm³/mol. The molecule has 1 heterocycles. The van der Waals surface area contributed by atoms with Crippen LogP contribution in [0.25, 0.3) is 0 Å². The minimum Gasteiger partial charge on any atom is -0.313 e. The standard InChI is InChI=1S/C16H32N2/c1-4-17-15(14-8-6-5-7-9-14)12-18-11-10-16(2,3)13-18/h14-15,17H,4-13H2,1-3H3. The molecular formula is C16H32N2. The SMILES string of the molecule is CCNC(CN1CCC(C)(C)C1)C1CCCCC1. The van der Waals surface area contributed by atoms with Crippen molar-refractivity contribution in [3.63, 3.8) is 0 Å². The lowest BCUT2D eigenvalue weighted by atomic mass is 9.83. The maximum absolute atomic E-state index is 3.76. The van der Waals surface area contributed by atoms with Gasteiger partial charge in [0.1, 0.15) is 0 Å². The molecule has 0 aromatic heterocycles. The van der Waals surface area contributed by atoms with E-state index in [1.54, 1.807) is 0 Å². The van der Waals surface area contributed by atoms with Gasteiger partial charge in [0, 0.05) is 19.1 Å². The molecule has 2 nitrogen and oxygen atoms in total. The molecule has 2 heteroatoms. The Hall–Kier alpha value is -0.0800. The molecule has 18 heavy (non-hydrogen) atoms. The molecule has 1 unspecified atom stereocenters. The molecule has 0 bridgehead atoms. The Morgan fingerprint density at radius 1 is 1.22 bits per heavy atom. The van der Waals surface area contributed by atoms with Gasteiger partial charge in [-0.05, 0) is 43.7 Å². The summed E-state index contributed by atoms with van der Waals surface area (Å²) in [7, 11) is 0. The van der Waals surface area contributed by atoms with E-state index in [2.05, 4.69) is 31.0 Å². The molecule has 2 fully saturated rings. The Bertz CT molecular complexity index is 243. The first-order valence-electron chi connectivity index (χ1n) is 8.06. The minimum absolute atomic E-state index is 0.545. The van der Waals surface area contributed by atoms with Crippen LogP contribution in [0, 0.1) is 11.3 Å². The van der Waals surface area contributed by atoms with Gasteiger partial charge in [0.25, 0.3) is 0 Å². The summed E-state index contributed by atoms with van der Waals surface area (Å²) in [5.74, 6) is 0.933. The molecule has 0 amide bonds. The van der Waals surface area contributed by atoms with E-state index in [4.69, 9.17) is 0 Å². The van der Waals surface area contributed by atoms with Gasteiger partial charge < -0.3 is 10.2 Å². The van der Waals surface area contributed by atoms with Crippen molar-refractivity contribution in [2.24, 2.45) is 11.3 Å². The minimum atomic E-state index is 0.545. The summed E-state index contributed by atoms with van der Waals surface area (Å²) in [5, 5.41) is 3.76. The fourth-order valence-electron chi connectivity index (χ4n) is 3.84. The second kappa shape index (κ2) is 6.38. The largest absolute Gasteiger partial charge is 0.313 e. The van der Waals surface area contributed by atoms with Crippen molar-refractivity contribution in [1.82, 2.24) is 10.2 Å². The summed E-state index contributed by atoms with van der Waals surface area (Å²) < 4.78 is 0. The van der Waals surface area contributed by atoms with Crippen LogP contribution in [0.4, 0.5) is 0 Å². The van der Waals surface area contributed by atoms with Crippen LogP contribution in [-0.4, -0.2) is 37.1 Å². The van der Waals surface area contributed by atoms with Crippen LogP contribution >= 0.6 is 0 Å². The molecule has 0 aromatic carbocycles. The highest BCUT2D eigenvalue weighted by atomic mass is 15.2. The van der Waals surface area contributed by atoms with E-state index in [0.717, 1.165) is 18.5 Å². The highest BCUT2D eigenvalue weighted by molar-refractivity contribution is 4.88. The van der Waals surface area contributed by atoms with Crippen molar-refractivity contribution in [2.75, 3.05) is 26.2 Å². The van der Waals surface area contributed by atoms with E-state index < -0.39 is 0 Å². The molecule has 1 saturated heterocycles. The normalized spacial score (nSPS) is 27.5. The highest BCUT2D eigenvalue weighted by Crippen LogP contribution is 2.31. The van der Waals surface area contributed by atoms with Gasteiger partial charge in [-0.2, -0.15) is 0 Å². The second-order valence-corrected chi connectivity index (χ2v) is 7.21. The summed E-state index contributed by atoms with van der Waals surface area (Å²) in [6, 6.07) is 0.740. The van der Waals surface area contributed by atoms with Gasteiger partial charge in [-0.3, -0.25) is 0 Å². The fourth-order valence-corrected chi connectivity index (χ4v) is 3.84. The number of rotatable bonds is 5. The summed E-state index contributed by atoms with van der Waals surface area (Å²) >= 11 is 0. The summed E-state index contributed by atoms with van der Waals surface area (Å²) in [6.45, 7) is 12.1. The first kappa shape index (κ1) is 14.3. The lowest BCUT2D eigenvalue weighted by molar-refractivity contribution is 0.196. The van der Waals surface area contributed by atoms with Crippen LogP contribution in [0.3, 0.4) is 0 Å². The van der Waals surface area contributed by atoms with E-state index >= 15 is 0 Å². The zero-order valence-electron chi connectivity index (χ0n) is 12.7. The molecular weight excluding hydrogens is 220 g/mol. The Morgan fingerprint density at radius 2 is 1.94 bits per heavy atom. The first-order chi connectivity index (χ1) is 8.61. The van der Waals surface area contributed by atoms with Gasteiger partial charge in [-0.1, -0.05) is 40.0 Å². The van der Waals surface area contributed by atoms with Gasteiger partial charge in [0.2, 0.25) is 0 Å². The first-order valence-corrected chi connectivity index (χ1v) is 8.06. The molecule has 2 aliphatic rings. The number of nitrogens with zero attached hydrogens (tertiary/aromatic N) is 1. The lowest BCUT2D eigenvalue weighted by Crippen LogP contribution is -2.45. The summed E-state index contributed by atoms with van der Waals surface area (Å²) in [5.41, 5.74) is 0.545. The maximum atomic E-state index is 3.76. The topological polar surface area (TPSA) is 15.3 Å². The predicted octanol–water partition coefficient (Wildman–Crippen LogP) is 3.28. The third-order valence-electron chi connectivity index (χ3n) is 4.90. The molecule has 0 radical (unpaired) electrons. The van der Waals surface area contributed by atoms with Gasteiger partial charge >= 0.3 is 0 Å². The quantitative estimate of drug-likeness (QED) is 0.808. The van der Waals surface area contributed by atoms with Crippen molar-refractivity contribution in [3.05, 3.63) is 0 Å². The van der Waals surface area contributed by atoms with E-state index in [9.17, 15) is 0 Å². The fraction of sp³-hybridized carbons (Fsp3) is 1.00. The third kappa shape index (κ3) is 3.96. The van der Waals surface area contributed by atoms with Crippen LogP contribution in [-0.2, 0) is 0 Å². The van der Waals surface area contributed by atoms with Crippen molar-refractivity contribution in [3.8, 4) is 0 Å². The average Bonchev–Trinajstić information content (AvgIpc) is 2.69. The Kier molecular flexibility index (Phi) is 5.08. The number of hydrogen-bond acceptors (Lipinski definition) is 2. The molecule has 1 aliphatic carbocycles. The molecule has 106 valence electrons.